The Morgan fingerprint density at radius 3 is 2.23 bits per heavy atom. The van der Waals surface area contributed by atoms with Crippen molar-refractivity contribution in [3.63, 3.8) is 0 Å². The molecule has 0 saturated carbocycles. The van der Waals surface area contributed by atoms with Crippen LogP contribution in [0.2, 0.25) is 0 Å². The lowest BCUT2D eigenvalue weighted by atomic mass is 10.2. The molecule has 1 heterocycles. The summed E-state index contributed by atoms with van der Waals surface area (Å²) in [6.07, 6.45) is 4.92. The minimum absolute atomic E-state index is 0.0690. The van der Waals surface area contributed by atoms with Gasteiger partial charge in [-0.1, -0.05) is 44.9 Å². The summed E-state index contributed by atoms with van der Waals surface area (Å²) in [5.41, 5.74) is 0. The third kappa shape index (κ3) is 9.17. The predicted octanol–water partition coefficient (Wildman–Crippen LogP) is 2.69. The minimum Gasteiger partial charge on any atom is -0.337 e. The van der Waals surface area contributed by atoms with Gasteiger partial charge in [-0.25, -0.2) is 13.2 Å². The van der Waals surface area contributed by atoms with Gasteiger partial charge in [0.1, 0.15) is 0 Å². The first-order valence-corrected chi connectivity index (χ1v) is 13.4. The second-order valence-electron chi connectivity index (χ2n) is 8.13. The van der Waals surface area contributed by atoms with Crippen molar-refractivity contribution in [3.05, 3.63) is 30.3 Å². The zero-order valence-corrected chi connectivity index (χ0v) is 20.1. The first kappa shape index (κ1) is 25.6. The number of benzene rings is 1. The number of likely N-dealkylation sites (N-methyl/N-ethyl adjacent to an activating group) is 1. The molecule has 0 spiro atoms. The fourth-order valence-corrected chi connectivity index (χ4v) is 5.15. The summed E-state index contributed by atoms with van der Waals surface area (Å²) in [6.45, 7) is 11.1. The minimum atomic E-state index is -3.42. The van der Waals surface area contributed by atoms with Gasteiger partial charge in [0.25, 0.3) is 0 Å². The Hall–Kier alpha value is -1.64. The van der Waals surface area contributed by atoms with E-state index in [4.69, 9.17) is 0 Å². The molecule has 2 amide bonds. The van der Waals surface area contributed by atoms with E-state index in [2.05, 4.69) is 29.0 Å². The molecule has 31 heavy (non-hydrogen) atoms. The van der Waals surface area contributed by atoms with Gasteiger partial charge in [-0.05, 0) is 51.2 Å². The van der Waals surface area contributed by atoms with Gasteiger partial charge >= 0.3 is 6.03 Å². The Kier molecular flexibility index (Phi) is 11.3. The molecule has 8 heteroatoms. The number of urea groups is 1. The van der Waals surface area contributed by atoms with Crippen molar-refractivity contribution in [2.75, 3.05) is 64.7 Å². The second kappa shape index (κ2) is 13.7. The SMILES string of the molecule is CCN(CC)CCNC(=O)N(CCN1CCCCCC1)CCS(=O)(=O)c1ccccc1. The molecule has 1 saturated heterocycles. The maximum atomic E-state index is 12.9. The Morgan fingerprint density at radius 2 is 1.61 bits per heavy atom. The predicted molar refractivity (Wildman–Crippen MR) is 126 cm³/mol. The number of amides is 2. The molecule has 0 radical (unpaired) electrons. The van der Waals surface area contributed by atoms with Crippen molar-refractivity contribution in [3.8, 4) is 0 Å². The summed E-state index contributed by atoms with van der Waals surface area (Å²) in [4.78, 5) is 19.5. The molecule has 0 aromatic heterocycles. The Morgan fingerprint density at radius 1 is 0.968 bits per heavy atom. The molecule has 176 valence electrons. The summed E-state index contributed by atoms with van der Waals surface area (Å²) < 4.78 is 25.4. The number of sulfone groups is 1. The third-order valence-corrected chi connectivity index (χ3v) is 7.71. The van der Waals surface area contributed by atoms with Crippen LogP contribution in [0, 0.1) is 0 Å². The summed E-state index contributed by atoms with van der Waals surface area (Å²) in [6, 6.07) is 8.30. The molecule has 0 atom stereocenters. The highest BCUT2D eigenvalue weighted by Gasteiger charge is 2.20. The van der Waals surface area contributed by atoms with Crippen LogP contribution in [0.1, 0.15) is 39.5 Å². The van der Waals surface area contributed by atoms with E-state index in [-0.39, 0.29) is 18.3 Å². The van der Waals surface area contributed by atoms with E-state index in [9.17, 15) is 13.2 Å². The average molecular weight is 453 g/mol. The number of likely N-dealkylation sites (tertiary alicyclic amines) is 1. The van der Waals surface area contributed by atoms with E-state index < -0.39 is 9.84 Å². The highest BCUT2D eigenvalue weighted by atomic mass is 32.2. The zero-order valence-electron chi connectivity index (χ0n) is 19.3. The number of hydrogen-bond acceptors (Lipinski definition) is 5. The molecule has 1 aliphatic rings. The second-order valence-corrected chi connectivity index (χ2v) is 10.2. The van der Waals surface area contributed by atoms with Crippen LogP contribution in [0.15, 0.2) is 35.2 Å². The van der Waals surface area contributed by atoms with E-state index in [1.807, 2.05) is 0 Å². The van der Waals surface area contributed by atoms with Crippen LogP contribution in [0.4, 0.5) is 4.79 Å². The normalized spacial score (nSPS) is 15.6. The fourth-order valence-electron chi connectivity index (χ4n) is 3.89. The molecule has 1 N–H and O–H groups in total. The van der Waals surface area contributed by atoms with Crippen molar-refractivity contribution in [2.24, 2.45) is 0 Å². The van der Waals surface area contributed by atoms with E-state index in [1.54, 1.807) is 35.2 Å². The molecule has 0 bridgehead atoms. The van der Waals surface area contributed by atoms with Gasteiger partial charge in [0.05, 0.1) is 10.6 Å². The third-order valence-electron chi connectivity index (χ3n) is 6.00. The fraction of sp³-hybridized carbons (Fsp3) is 0.696. The zero-order chi connectivity index (χ0) is 22.5. The molecular formula is C23H40N4O3S. The van der Waals surface area contributed by atoms with Crippen molar-refractivity contribution in [2.45, 2.75) is 44.4 Å². The van der Waals surface area contributed by atoms with Crippen LogP contribution in [-0.2, 0) is 9.84 Å². The maximum absolute atomic E-state index is 12.9. The monoisotopic (exact) mass is 452 g/mol. The van der Waals surface area contributed by atoms with E-state index in [0.29, 0.717) is 18.0 Å². The largest absolute Gasteiger partial charge is 0.337 e. The lowest BCUT2D eigenvalue weighted by Crippen LogP contribution is -2.47. The highest BCUT2D eigenvalue weighted by molar-refractivity contribution is 7.91. The van der Waals surface area contributed by atoms with Crippen LogP contribution < -0.4 is 5.32 Å². The molecule has 7 nitrogen and oxygen atoms in total. The van der Waals surface area contributed by atoms with Crippen molar-refractivity contribution in [1.82, 2.24) is 20.0 Å². The number of carbonyl (C=O) groups excluding carboxylic acids is 1. The Labute approximate surface area is 188 Å². The summed E-state index contributed by atoms with van der Waals surface area (Å²) in [7, 11) is -3.42. The van der Waals surface area contributed by atoms with Crippen molar-refractivity contribution < 1.29 is 13.2 Å². The molecular weight excluding hydrogens is 412 g/mol. The number of carbonyl (C=O) groups is 1. The summed E-state index contributed by atoms with van der Waals surface area (Å²) >= 11 is 0. The number of nitrogens with zero attached hydrogens (tertiary/aromatic N) is 3. The number of rotatable bonds is 12. The molecule has 2 rings (SSSR count). The van der Waals surface area contributed by atoms with Gasteiger partial charge in [0, 0.05) is 32.7 Å². The van der Waals surface area contributed by atoms with Gasteiger partial charge in [-0.15, -0.1) is 0 Å². The topological polar surface area (TPSA) is 73.0 Å². The quantitative estimate of drug-likeness (QED) is 0.528. The highest BCUT2D eigenvalue weighted by Crippen LogP contribution is 2.12. The molecule has 1 fully saturated rings. The molecule has 1 aromatic rings. The van der Waals surface area contributed by atoms with Gasteiger partial charge in [0.15, 0.2) is 9.84 Å². The molecule has 0 unspecified atom stereocenters. The van der Waals surface area contributed by atoms with E-state index >= 15 is 0 Å². The van der Waals surface area contributed by atoms with Gasteiger partial charge in [-0.2, -0.15) is 0 Å². The Bertz CT molecular complexity index is 730. The number of nitrogens with one attached hydrogen (secondary N) is 1. The van der Waals surface area contributed by atoms with Crippen LogP contribution >= 0.6 is 0 Å². The number of hydrogen-bond donors (Lipinski definition) is 1. The van der Waals surface area contributed by atoms with Crippen LogP contribution in [0.3, 0.4) is 0 Å². The van der Waals surface area contributed by atoms with E-state index in [0.717, 1.165) is 39.3 Å². The Balaban J connectivity index is 1.95. The molecule has 0 aliphatic carbocycles. The smallest absolute Gasteiger partial charge is 0.317 e. The first-order chi connectivity index (χ1) is 15.0. The lowest BCUT2D eigenvalue weighted by molar-refractivity contribution is 0.184. The van der Waals surface area contributed by atoms with Gasteiger partial charge in [0.2, 0.25) is 0 Å². The lowest BCUT2D eigenvalue weighted by Gasteiger charge is -2.28. The van der Waals surface area contributed by atoms with Gasteiger partial charge in [-0.3, -0.25) is 0 Å². The maximum Gasteiger partial charge on any atom is 0.317 e. The summed E-state index contributed by atoms with van der Waals surface area (Å²) in [5.74, 6) is -0.0690. The molecule has 1 aliphatic heterocycles. The first-order valence-electron chi connectivity index (χ1n) is 11.7. The average Bonchev–Trinajstić information content (AvgIpc) is 3.06. The molecule has 1 aromatic carbocycles. The van der Waals surface area contributed by atoms with Crippen LogP contribution in [-0.4, -0.2) is 93.8 Å². The van der Waals surface area contributed by atoms with Crippen LogP contribution in [0.25, 0.3) is 0 Å². The van der Waals surface area contributed by atoms with Crippen molar-refractivity contribution >= 4 is 15.9 Å². The van der Waals surface area contributed by atoms with Crippen molar-refractivity contribution in [1.29, 1.82) is 0 Å². The summed E-state index contributed by atoms with van der Waals surface area (Å²) in [5, 5.41) is 2.99. The van der Waals surface area contributed by atoms with Crippen LogP contribution in [0.5, 0.6) is 0 Å². The standard InChI is InChI=1S/C23H40N4O3S/c1-3-25(4-2)17-14-24-23(28)27(19-18-26-15-10-5-6-11-16-26)20-21-31(29,30)22-12-8-7-9-13-22/h7-9,12-13H,3-6,10-11,14-21H2,1-2H3,(H,24,28). The van der Waals surface area contributed by atoms with E-state index in [1.165, 1.54) is 25.7 Å². The van der Waals surface area contributed by atoms with Gasteiger partial charge < -0.3 is 20.0 Å².